The van der Waals surface area contributed by atoms with Gasteiger partial charge >= 0.3 is 5.69 Å². The van der Waals surface area contributed by atoms with Crippen molar-refractivity contribution in [2.75, 3.05) is 0 Å². The maximum absolute atomic E-state index is 11.8. The zero-order valence-electron chi connectivity index (χ0n) is 9.04. The van der Waals surface area contributed by atoms with Crippen LogP contribution in [-0.4, -0.2) is 14.3 Å². The average Bonchev–Trinajstić information content (AvgIpc) is 2.32. The molecular formula is C11H11N3O2. The standard InChI is InChI=1S/C11H11N3O2/c1-13-10(15)9(12-14(2)11(13)16)8-6-4-3-5-7-8/h3-7H,1-2H3. The predicted molar refractivity (Wildman–Crippen MR) is 60.2 cm³/mol. The van der Waals surface area contributed by atoms with Crippen molar-refractivity contribution in [3.05, 3.63) is 51.2 Å². The molecule has 0 aliphatic carbocycles. The van der Waals surface area contributed by atoms with Crippen LogP contribution in [0.3, 0.4) is 0 Å². The second-order valence-corrected chi connectivity index (χ2v) is 3.48. The summed E-state index contributed by atoms with van der Waals surface area (Å²) in [4.78, 5) is 23.3. The lowest BCUT2D eigenvalue weighted by atomic mass is 10.2. The van der Waals surface area contributed by atoms with E-state index in [1.807, 2.05) is 18.2 Å². The van der Waals surface area contributed by atoms with Gasteiger partial charge in [0.2, 0.25) is 0 Å². The Labute approximate surface area is 91.6 Å². The molecular weight excluding hydrogens is 206 g/mol. The molecule has 82 valence electrons. The van der Waals surface area contributed by atoms with E-state index >= 15 is 0 Å². The summed E-state index contributed by atoms with van der Waals surface area (Å²) in [5.74, 6) is 0. The SMILES string of the molecule is Cn1nc(-c2ccccc2)c(=O)n(C)c1=O. The predicted octanol–water partition coefficient (Wildman–Crippen LogP) is 0.146. The van der Waals surface area contributed by atoms with Crippen molar-refractivity contribution in [3.8, 4) is 11.3 Å². The minimum Gasteiger partial charge on any atom is -0.267 e. The molecule has 1 aromatic carbocycles. The molecule has 2 rings (SSSR count). The molecule has 1 heterocycles. The van der Waals surface area contributed by atoms with E-state index in [0.717, 1.165) is 9.25 Å². The average molecular weight is 217 g/mol. The summed E-state index contributed by atoms with van der Waals surface area (Å²) < 4.78 is 2.21. The van der Waals surface area contributed by atoms with Gasteiger partial charge in [0.1, 0.15) is 0 Å². The molecule has 0 bridgehead atoms. The van der Waals surface area contributed by atoms with E-state index in [4.69, 9.17) is 0 Å². The lowest BCUT2D eigenvalue weighted by molar-refractivity contribution is 0.606. The van der Waals surface area contributed by atoms with Gasteiger partial charge < -0.3 is 0 Å². The molecule has 0 fully saturated rings. The maximum Gasteiger partial charge on any atom is 0.346 e. The minimum absolute atomic E-state index is 0.283. The zero-order valence-corrected chi connectivity index (χ0v) is 9.04. The Morgan fingerprint density at radius 3 is 2.31 bits per heavy atom. The summed E-state index contributed by atoms with van der Waals surface area (Å²) in [5.41, 5.74) is 0.183. The van der Waals surface area contributed by atoms with Crippen LogP contribution in [0.15, 0.2) is 39.9 Å². The van der Waals surface area contributed by atoms with Crippen LogP contribution >= 0.6 is 0 Å². The first kappa shape index (κ1) is 10.4. The molecule has 0 unspecified atom stereocenters. The van der Waals surface area contributed by atoms with Gasteiger partial charge in [-0.05, 0) is 0 Å². The number of hydrogen-bond acceptors (Lipinski definition) is 3. The summed E-state index contributed by atoms with van der Waals surface area (Å²) in [7, 11) is 2.97. The highest BCUT2D eigenvalue weighted by molar-refractivity contribution is 5.56. The monoisotopic (exact) mass is 217 g/mol. The Morgan fingerprint density at radius 1 is 1.06 bits per heavy atom. The topological polar surface area (TPSA) is 56.9 Å². The summed E-state index contributed by atoms with van der Waals surface area (Å²) in [5, 5.41) is 3.97. The number of aryl methyl sites for hydroxylation is 1. The van der Waals surface area contributed by atoms with Gasteiger partial charge in [0.15, 0.2) is 5.69 Å². The van der Waals surface area contributed by atoms with Gasteiger partial charge in [0.05, 0.1) is 0 Å². The van der Waals surface area contributed by atoms with Crippen molar-refractivity contribution in [1.82, 2.24) is 14.3 Å². The van der Waals surface area contributed by atoms with Crippen LogP contribution in [0.25, 0.3) is 11.3 Å². The molecule has 2 aromatic rings. The lowest BCUT2D eigenvalue weighted by Crippen LogP contribution is -2.39. The quantitative estimate of drug-likeness (QED) is 0.683. The third-order valence-electron chi connectivity index (χ3n) is 2.37. The summed E-state index contributed by atoms with van der Waals surface area (Å²) >= 11 is 0. The lowest BCUT2D eigenvalue weighted by Gasteiger charge is -2.04. The Balaban J connectivity index is 2.78. The van der Waals surface area contributed by atoms with E-state index < -0.39 is 5.69 Å². The van der Waals surface area contributed by atoms with Gasteiger partial charge in [-0.2, -0.15) is 5.10 Å². The van der Waals surface area contributed by atoms with E-state index in [1.54, 1.807) is 12.1 Å². The molecule has 5 nitrogen and oxygen atoms in total. The molecule has 0 saturated heterocycles. The molecule has 0 atom stereocenters. The fourth-order valence-electron chi connectivity index (χ4n) is 1.48. The van der Waals surface area contributed by atoms with Crippen LogP contribution in [0.4, 0.5) is 0 Å². The van der Waals surface area contributed by atoms with E-state index in [-0.39, 0.29) is 11.3 Å². The van der Waals surface area contributed by atoms with Crippen molar-refractivity contribution in [3.63, 3.8) is 0 Å². The highest BCUT2D eigenvalue weighted by atomic mass is 16.2. The van der Waals surface area contributed by atoms with Crippen molar-refractivity contribution in [2.45, 2.75) is 0 Å². The number of nitrogens with zero attached hydrogens (tertiary/aromatic N) is 3. The Hall–Kier alpha value is -2.17. The van der Waals surface area contributed by atoms with E-state index in [1.165, 1.54) is 14.1 Å². The number of benzene rings is 1. The van der Waals surface area contributed by atoms with Gasteiger partial charge in [-0.1, -0.05) is 30.3 Å². The molecule has 5 heteroatoms. The molecule has 0 aliphatic heterocycles. The second kappa shape index (κ2) is 3.77. The third kappa shape index (κ3) is 1.56. The fraction of sp³-hybridized carbons (Fsp3) is 0.182. The van der Waals surface area contributed by atoms with E-state index in [9.17, 15) is 9.59 Å². The van der Waals surface area contributed by atoms with Gasteiger partial charge in [-0.25, -0.2) is 9.48 Å². The van der Waals surface area contributed by atoms with E-state index in [2.05, 4.69) is 5.10 Å². The van der Waals surface area contributed by atoms with Crippen molar-refractivity contribution in [1.29, 1.82) is 0 Å². The molecule has 16 heavy (non-hydrogen) atoms. The van der Waals surface area contributed by atoms with Crippen molar-refractivity contribution < 1.29 is 0 Å². The Morgan fingerprint density at radius 2 is 1.69 bits per heavy atom. The smallest absolute Gasteiger partial charge is 0.267 e. The number of rotatable bonds is 1. The van der Waals surface area contributed by atoms with Crippen LogP contribution in [0, 0.1) is 0 Å². The Kier molecular flexibility index (Phi) is 2.44. The zero-order chi connectivity index (χ0) is 11.7. The highest BCUT2D eigenvalue weighted by Gasteiger charge is 2.09. The largest absolute Gasteiger partial charge is 0.346 e. The summed E-state index contributed by atoms with van der Waals surface area (Å²) in [6.45, 7) is 0. The Bertz CT molecular complexity index is 626. The van der Waals surface area contributed by atoms with Crippen LogP contribution in [-0.2, 0) is 14.1 Å². The van der Waals surface area contributed by atoms with Gasteiger partial charge in [0, 0.05) is 19.7 Å². The molecule has 0 N–H and O–H groups in total. The summed E-state index contributed by atoms with van der Waals surface area (Å²) in [6.07, 6.45) is 0. The first-order valence-electron chi connectivity index (χ1n) is 4.81. The molecule has 0 amide bonds. The highest BCUT2D eigenvalue weighted by Crippen LogP contribution is 2.09. The number of hydrogen-bond donors (Lipinski definition) is 0. The van der Waals surface area contributed by atoms with Crippen molar-refractivity contribution >= 4 is 0 Å². The molecule has 1 aromatic heterocycles. The van der Waals surface area contributed by atoms with E-state index in [0.29, 0.717) is 5.56 Å². The third-order valence-corrected chi connectivity index (χ3v) is 2.37. The van der Waals surface area contributed by atoms with Gasteiger partial charge in [-0.3, -0.25) is 9.36 Å². The van der Waals surface area contributed by atoms with Gasteiger partial charge in [0.25, 0.3) is 5.56 Å². The summed E-state index contributed by atoms with van der Waals surface area (Å²) in [6, 6.07) is 9.07. The van der Waals surface area contributed by atoms with Crippen molar-refractivity contribution in [2.24, 2.45) is 14.1 Å². The molecule has 0 aliphatic rings. The van der Waals surface area contributed by atoms with Crippen LogP contribution in [0.2, 0.25) is 0 Å². The van der Waals surface area contributed by atoms with Crippen LogP contribution in [0.5, 0.6) is 0 Å². The molecule has 0 saturated carbocycles. The minimum atomic E-state index is -0.426. The van der Waals surface area contributed by atoms with Gasteiger partial charge in [-0.15, -0.1) is 0 Å². The first-order chi connectivity index (χ1) is 7.61. The van der Waals surface area contributed by atoms with Crippen LogP contribution in [0.1, 0.15) is 0 Å². The number of aromatic nitrogens is 3. The maximum atomic E-state index is 11.8. The second-order valence-electron chi connectivity index (χ2n) is 3.48. The fourth-order valence-corrected chi connectivity index (χ4v) is 1.48. The molecule has 0 spiro atoms. The first-order valence-corrected chi connectivity index (χ1v) is 4.81. The normalized spacial score (nSPS) is 10.4. The molecule has 0 radical (unpaired) electrons. The van der Waals surface area contributed by atoms with Crippen LogP contribution < -0.4 is 11.2 Å².